The van der Waals surface area contributed by atoms with Gasteiger partial charge in [-0.05, 0) is 42.4 Å². The molecule has 3 aromatic carbocycles. The largest absolute Gasteiger partial charge is 0.319 e. The summed E-state index contributed by atoms with van der Waals surface area (Å²) in [5.74, 6) is -0.771. The molecule has 0 saturated heterocycles. The van der Waals surface area contributed by atoms with E-state index in [9.17, 15) is 19.3 Å². The Kier molecular flexibility index (Phi) is 6.76. The summed E-state index contributed by atoms with van der Waals surface area (Å²) < 4.78 is 13.4. The van der Waals surface area contributed by atoms with Gasteiger partial charge in [0, 0.05) is 11.1 Å². The van der Waals surface area contributed by atoms with Gasteiger partial charge in [0.1, 0.15) is 11.5 Å². The number of carbonyl (C=O) groups excluding carboxylic acids is 1. The first-order valence-electron chi connectivity index (χ1n) is 9.09. The Hall–Kier alpha value is -3.29. The fraction of sp³-hybridized carbons (Fsp3) is 0.136. The summed E-state index contributed by atoms with van der Waals surface area (Å²) in [7, 11) is 1.76. The first kappa shape index (κ1) is 21.4. The number of hydrogen-bond acceptors (Lipinski definition) is 4. The zero-order valence-electron chi connectivity index (χ0n) is 16.1. The Bertz CT molecular complexity index is 1050. The number of benzene rings is 3. The second-order valence-electron chi connectivity index (χ2n) is 6.75. The highest BCUT2D eigenvalue weighted by atomic mass is 35.5. The van der Waals surface area contributed by atoms with Crippen LogP contribution in [0.15, 0.2) is 72.8 Å². The SMILES string of the molecule is CN(CC(=O)Nc1ccc(Cl)cc1[N+](=O)[O-])C(c1ccccc1)c1ccc(F)cc1. The van der Waals surface area contributed by atoms with Crippen LogP contribution in [-0.4, -0.2) is 29.3 Å². The van der Waals surface area contributed by atoms with Crippen LogP contribution in [0.2, 0.25) is 5.02 Å². The van der Waals surface area contributed by atoms with Crippen molar-refractivity contribution >= 4 is 28.9 Å². The van der Waals surface area contributed by atoms with Crippen molar-refractivity contribution < 1.29 is 14.1 Å². The normalized spacial score (nSPS) is 11.9. The summed E-state index contributed by atoms with van der Waals surface area (Å²) in [5.41, 5.74) is 1.53. The molecule has 154 valence electrons. The van der Waals surface area contributed by atoms with Crippen molar-refractivity contribution in [3.63, 3.8) is 0 Å². The molecule has 0 bridgehead atoms. The van der Waals surface area contributed by atoms with Gasteiger partial charge < -0.3 is 5.32 Å². The van der Waals surface area contributed by atoms with Crippen LogP contribution < -0.4 is 5.32 Å². The van der Waals surface area contributed by atoms with Gasteiger partial charge in [-0.25, -0.2) is 4.39 Å². The maximum Gasteiger partial charge on any atom is 0.294 e. The molecule has 0 aliphatic rings. The number of carbonyl (C=O) groups is 1. The van der Waals surface area contributed by atoms with E-state index < -0.39 is 10.8 Å². The van der Waals surface area contributed by atoms with Gasteiger partial charge in [0.15, 0.2) is 0 Å². The van der Waals surface area contributed by atoms with Gasteiger partial charge in [0.25, 0.3) is 5.69 Å². The minimum atomic E-state index is -0.601. The number of rotatable bonds is 7. The molecular weight excluding hydrogens is 409 g/mol. The Morgan fingerprint density at radius 1 is 1.10 bits per heavy atom. The number of hydrogen-bond donors (Lipinski definition) is 1. The lowest BCUT2D eigenvalue weighted by molar-refractivity contribution is -0.383. The van der Waals surface area contributed by atoms with Crippen molar-refractivity contribution in [3.05, 3.63) is 105 Å². The number of nitrogens with one attached hydrogen (secondary N) is 1. The monoisotopic (exact) mass is 427 g/mol. The van der Waals surface area contributed by atoms with Crippen molar-refractivity contribution in [2.45, 2.75) is 6.04 Å². The van der Waals surface area contributed by atoms with Gasteiger partial charge in [-0.2, -0.15) is 0 Å². The Morgan fingerprint density at radius 2 is 1.73 bits per heavy atom. The van der Waals surface area contributed by atoms with Gasteiger partial charge in [0.05, 0.1) is 17.5 Å². The average Bonchev–Trinajstić information content (AvgIpc) is 2.71. The second kappa shape index (κ2) is 9.47. The lowest BCUT2D eigenvalue weighted by atomic mass is 9.97. The lowest BCUT2D eigenvalue weighted by Gasteiger charge is -2.28. The van der Waals surface area contributed by atoms with E-state index in [0.717, 1.165) is 11.1 Å². The van der Waals surface area contributed by atoms with E-state index in [-0.39, 0.29) is 34.8 Å². The summed E-state index contributed by atoms with van der Waals surface area (Å²) in [6, 6.07) is 19.3. The molecule has 3 rings (SSSR count). The van der Waals surface area contributed by atoms with E-state index >= 15 is 0 Å². The van der Waals surface area contributed by atoms with Crippen molar-refractivity contribution in [2.24, 2.45) is 0 Å². The molecule has 0 saturated carbocycles. The number of amides is 1. The van der Waals surface area contributed by atoms with E-state index in [0.29, 0.717) is 0 Å². The van der Waals surface area contributed by atoms with E-state index in [2.05, 4.69) is 5.32 Å². The van der Waals surface area contributed by atoms with E-state index in [1.54, 1.807) is 24.1 Å². The zero-order chi connectivity index (χ0) is 21.7. The molecule has 0 fully saturated rings. The summed E-state index contributed by atoms with van der Waals surface area (Å²) >= 11 is 5.82. The number of likely N-dealkylation sites (N-methyl/N-ethyl adjacent to an activating group) is 1. The molecule has 0 aliphatic heterocycles. The molecule has 1 amide bonds. The maximum absolute atomic E-state index is 13.4. The molecule has 1 unspecified atom stereocenters. The summed E-state index contributed by atoms with van der Waals surface area (Å²) in [4.78, 5) is 25.1. The predicted molar refractivity (Wildman–Crippen MR) is 114 cm³/mol. The summed E-state index contributed by atoms with van der Waals surface area (Å²) in [6.45, 7) is -0.0449. The standard InChI is InChI=1S/C22H19ClFN3O3/c1-26(14-21(28)25-19-12-9-17(23)13-20(19)27(29)30)22(15-5-3-2-4-6-15)16-7-10-18(24)11-8-16/h2-13,22H,14H2,1H3,(H,25,28). The van der Waals surface area contributed by atoms with Crippen molar-refractivity contribution in [1.82, 2.24) is 4.90 Å². The fourth-order valence-electron chi connectivity index (χ4n) is 3.25. The van der Waals surface area contributed by atoms with Gasteiger partial charge in [-0.3, -0.25) is 19.8 Å². The van der Waals surface area contributed by atoms with Crippen LogP contribution in [0.4, 0.5) is 15.8 Å². The highest BCUT2D eigenvalue weighted by Crippen LogP contribution is 2.29. The average molecular weight is 428 g/mol. The van der Waals surface area contributed by atoms with Crippen LogP contribution in [0.25, 0.3) is 0 Å². The molecule has 3 aromatic rings. The number of anilines is 1. The van der Waals surface area contributed by atoms with Crippen LogP contribution in [0, 0.1) is 15.9 Å². The van der Waals surface area contributed by atoms with Crippen molar-refractivity contribution in [3.8, 4) is 0 Å². The minimum absolute atomic E-state index is 0.0449. The number of nitro groups is 1. The Balaban J connectivity index is 1.82. The van der Waals surface area contributed by atoms with E-state index in [4.69, 9.17) is 11.6 Å². The van der Waals surface area contributed by atoms with Crippen LogP contribution >= 0.6 is 11.6 Å². The van der Waals surface area contributed by atoms with Gasteiger partial charge >= 0.3 is 0 Å². The Morgan fingerprint density at radius 3 is 2.37 bits per heavy atom. The van der Waals surface area contributed by atoms with Gasteiger partial charge in [0.2, 0.25) is 5.91 Å². The summed E-state index contributed by atoms with van der Waals surface area (Å²) in [5, 5.41) is 14.0. The summed E-state index contributed by atoms with van der Waals surface area (Å²) in [6.07, 6.45) is 0. The minimum Gasteiger partial charge on any atom is -0.319 e. The van der Waals surface area contributed by atoms with Crippen LogP contribution in [0.5, 0.6) is 0 Å². The topological polar surface area (TPSA) is 75.5 Å². The third kappa shape index (κ3) is 5.20. The molecular formula is C22H19ClFN3O3. The molecule has 0 radical (unpaired) electrons. The Labute approximate surface area is 178 Å². The van der Waals surface area contributed by atoms with Crippen molar-refractivity contribution in [2.75, 3.05) is 18.9 Å². The number of halogens is 2. The molecule has 1 atom stereocenters. The smallest absolute Gasteiger partial charge is 0.294 e. The van der Waals surface area contributed by atoms with E-state index in [1.807, 2.05) is 30.3 Å². The lowest BCUT2D eigenvalue weighted by Crippen LogP contribution is -2.34. The highest BCUT2D eigenvalue weighted by molar-refractivity contribution is 6.31. The number of nitro benzene ring substituents is 1. The third-order valence-corrected chi connectivity index (χ3v) is 4.80. The molecule has 0 spiro atoms. The van der Waals surface area contributed by atoms with Crippen molar-refractivity contribution in [1.29, 1.82) is 0 Å². The highest BCUT2D eigenvalue weighted by Gasteiger charge is 2.23. The molecule has 0 heterocycles. The molecule has 6 nitrogen and oxygen atoms in total. The molecule has 0 aliphatic carbocycles. The molecule has 0 aromatic heterocycles. The first-order chi connectivity index (χ1) is 14.3. The molecule has 1 N–H and O–H groups in total. The third-order valence-electron chi connectivity index (χ3n) is 4.57. The van der Waals surface area contributed by atoms with Crippen LogP contribution in [0.3, 0.4) is 0 Å². The van der Waals surface area contributed by atoms with Gasteiger partial charge in [-0.15, -0.1) is 0 Å². The second-order valence-corrected chi connectivity index (χ2v) is 7.18. The van der Waals surface area contributed by atoms with E-state index in [1.165, 1.54) is 30.3 Å². The molecule has 8 heteroatoms. The molecule has 30 heavy (non-hydrogen) atoms. The van der Waals surface area contributed by atoms with Gasteiger partial charge in [-0.1, -0.05) is 54.1 Å². The number of nitrogens with zero attached hydrogens (tertiary/aromatic N) is 2. The maximum atomic E-state index is 13.4. The first-order valence-corrected chi connectivity index (χ1v) is 9.47. The van der Waals surface area contributed by atoms with Crippen LogP contribution in [0.1, 0.15) is 17.2 Å². The predicted octanol–water partition coefficient (Wildman–Crippen LogP) is 5.05. The van der Waals surface area contributed by atoms with Crippen LogP contribution in [-0.2, 0) is 4.79 Å². The zero-order valence-corrected chi connectivity index (χ0v) is 16.8. The quantitative estimate of drug-likeness (QED) is 0.423. The fourth-order valence-corrected chi connectivity index (χ4v) is 3.42.